The number of benzene rings is 8. The Hall–Kier alpha value is -7.63. The third-order valence-corrected chi connectivity index (χ3v) is 10.8. The van der Waals surface area contributed by atoms with Gasteiger partial charge in [0.2, 0.25) is 5.95 Å². The standard InChI is InChI=1S/C51H33N5/c1-4-16-34(17-5-1)35-30-32-37(33-31-35)50-52-49(36-18-6-2-7-19-36)53-51(54-50)56-44-27-13-11-23-42(44)48-40(25-15-29-46(48)56)39-24-14-28-45-47(39)41-22-10-12-26-43(41)55(45)38-20-8-3-9-21-38/h1-33H. The van der Waals surface area contributed by atoms with Crippen molar-refractivity contribution >= 4 is 43.6 Å². The summed E-state index contributed by atoms with van der Waals surface area (Å²) in [5.74, 6) is 1.82. The molecule has 0 N–H and O–H groups in total. The Balaban J connectivity index is 1.16. The van der Waals surface area contributed by atoms with Crippen LogP contribution in [0, 0.1) is 0 Å². The number of aromatic nitrogens is 5. The molecule has 0 fully saturated rings. The Morgan fingerprint density at radius 3 is 1.29 bits per heavy atom. The molecule has 0 aliphatic heterocycles. The van der Waals surface area contributed by atoms with E-state index in [0.717, 1.165) is 49.7 Å². The second-order valence-corrected chi connectivity index (χ2v) is 14.0. The summed E-state index contributed by atoms with van der Waals surface area (Å²) in [5, 5.41) is 4.74. The maximum absolute atomic E-state index is 5.24. The summed E-state index contributed by atoms with van der Waals surface area (Å²) < 4.78 is 4.58. The fourth-order valence-electron chi connectivity index (χ4n) is 8.31. The highest BCUT2D eigenvalue weighted by Crippen LogP contribution is 2.43. The molecule has 0 bridgehead atoms. The lowest BCUT2D eigenvalue weighted by Gasteiger charge is -2.12. The number of hydrogen-bond donors (Lipinski definition) is 0. The second kappa shape index (κ2) is 13.0. The molecule has 0 amide bonds. The molecule has 3 aromatic heterocycles. The van der Waals surface area contributed by atoms with Crippen LogP contribution in [0.4, 0.5) is 0 Å². The first-order chi connectivity index (χ1) is 27.8. The summed E-state index contributed by atoms with van der Waals surface area (Å²) in [6.45, 7) is 0. The van der Waals surface area contributed by atoms with E-state index in [2.05, 4.69) is 185 Å². The van der Waals surface area contributed by atoms with Crippen molar-refractivity contribution in [2.75, 3.05) is 0 Å². The molecule has 0 radical (unpaired) electrons. The molecule has 0 aliphatic rings. The van der Waals surface area contributed by atoms with Crippen LogP contribution in [-0.4, -0.2) is 24.1 Å². The third kappa shape index (κ3) is 5.13. The van der Waals surface area contributed by atoms with E-state index in [1.54, 1.807) is 0 Å². The van der Waals surface area contributed by atoms with Gasteiger partial charge in [0.1, 0.15) is 0 Å². The van der Waals surface area contributed by atoms with Crippen LogP contribution >= 0.6 is 0 Å². The van der Waals surface area contributed by atoms with Gasteiger partial charge in [0.15, 0.2) is 11.6 Å². The van der Waals surface area contributed by atoms with Crippen LogP contribution in [0.2, 0.25) is 0 Å². The maximum atomic E-state index is 5.24. The molecule has 5 nitrogen and oxygen atoms in total. The van der Waals surface area contributed by atoms with Crippen LogP contribution in [0.25, 0.3) is 100 Å². The zero-order valence-corrected chi connectivity index (χ0v) is 30.3. The minimum Gasteiger partial charge on any atom is -0.309 e. The highest BCUT2D eigenvalue weighted by atomic mass is 15.2. The molecule has 262 valence electrons. The molecule has 11 aromatic rings. The van der Waals surface area contributed by atoms with E-state index in [0.29, 0.717) is 17.6 Å². The molecule has 0 saturated carbocycles. The van der Waals surface area contributed by atoms with E-state index >= 15 is 0 Å². The minimum atomic E-state index is 0.572. The van der Waals surface area contributed by atoms with Crippen LogP contribution in [-0.2, 0) is 0 Å². The molecule has 3 heterocycles. The topological polar surface area (TPSA) is 48.5 Å². The van der Waals surface area contributed by atoms with E-state index in [4.69, 9.17) is 15.0 Å². The highest BCUT2D eigenvalue weighted by Gasteiger charge is 2.22. The monoisotopic (exact) mass is 715 g/mol. The molecule has 11 rings (SSSR count). The second-order valence-electron chi connectivity index (χ2n) is 14.0. The van der Waals surface area contributed by atoms with E-state index < -0.39 is 0 Å². The average Bonchev–Trinajstić information content (AvgIpc) is 3.81. The van der Waals surface area contributed by atoms with Crippen LogP contribution in [0.1, 0.15) is 0 Å². The van der Waals surface area contributed by atoms with E-state index in [-0.39, 0.29) is 0 Å². The van der Waals surface area contributed by atoms with Crippen LogP contribution in [0.3, 0.4) is 0 Å². The summed E-state index contributed by atoms with van der Waals surface area (Å²) in [5.41, 5.74) is 12.1. The van der Waals surface area contributed by atoms with Gasteiger partial charge in [-0.15, -0.1) is 0 Å². The summed E-state index contributed by atoms with van der Waals surface area (Å²) >= 11 is 0. The number of fused-ring (bicyclic) bond motifs is 6. The van der Waals surface area contributed by atoms with Crippen molar-refractivity contribution in [3.05, 3.63) is 200 Å². The van der Waals surface area contributed by atoms with Gasteiger partial charge >= 0.3 is 0 Å². The lowest BCUT2D eigenvalue weighted by Crippen LogP contribution is -2.06. The zero-order chi connectivity index (χ0) is 37.0. The maximum Gasteiger partial charge on any atom is 0.238 e. The SMILES string of the molecule is c1ccc(-c2ccc(-c3nc(-c4ccccc4)nc(-n4c5ccccc5c5c(-c6cccc7c6c6ccccc6n7-c6ccccc6)cccc54)n3)cc2)cc1. The number of rotatable bonds is 6. The fraction of sp³-hybridized carbons (Fsp3) is 0. The lowest BCUT2D eigenvalue weighted by molar-refractivity contribution is 0.953. The van der Waals surface area contributed by atoms with Crippen LogP contribution in [0.5, 0.6) is 0 Å². The first-order valence-corrected chi connectivity index (χ1v) is 18.9. The predicted molar refractivity (Wildman–Crippen MR) is 230 cm³/mol. The molecular formula is C51H33N5. The Kier molecular flexibility index (Phi) is 7.42. The first kappa shape index (κ1) is 31.9. The molecule has 0 spiro atoms. The van der Waals surface area contributed by atoms with E-state index in [1.165, 1.54) is 32.9 Å². The number of hydrogen-bond acceptors (Lipinski definition) is 3. The van der Waals surface area contributed by atoms with Crippen molar-refractivity contribution in [2.24, 2.45) is 0 Å². The largest absolute Gasteiger partial charge is 0.309 e. The van der Waals surface area contributed by atoms with Gasteiger partial charge in [-0.2, -0.15) is 9.97 Å². The fourth-order valence-corrected chi connectivity index (χ4v) is 8.31. The average molecular weight is 716 g/mol. The van der Waals surface area contributed by atoms with Gasteiger partial charge in [-0.05, 0) is 58.7 Å². The number of nitrogens with zero attached hydrogens (tertiary/aromatic N) is 5. The summed E-state index contributed by atoms with van der Waals surface area (Å²) in [6.07, 6.45) is 0. The molecule has 0 saturated heterocycles. The van der Waals surface area contributed by atoms with Crippen LogP contribution < -0.4 is 0 Å². The first-order valence-electron chi connectivity index (χ1n) is 18.9. The van der Waals surface area contributed by atoms with Gasteiger partial charge in [-0.3, -0.25) is 4.57 Å². The van der Waals surface area contributed by atoms with E-state index in [1.807, 2.05) is 24.3 Å². The number of para-hydroxylation sites is 3. The van der Waals surface area contributed by atoms with Crippen molar-refractivity contribution in [3.63, 3.8) is 0 Å². The molecular weight excluding hydrogens is 683 g/mol. The van der Waals surface area contributed by atoms with Crippen molar-refractivity contribution < 1.29 is 0 Å². The summed E-state index contributed by atoms with van der Waals surface area (Å²) in [6, 6.07) is 70.3. The molecule has 0 aliphatic carbocycles. The third-order valence-electron chi connectivity index (χ3n) is 10.8. The molecule has 0 unspecified atom stereocenters. The van der Waals surface area contributed by atoms with Gasteiger partial charge < -0.3 is 4.57 Å². The molecule has 0 atom stereocenters. The Morgan fingerprint density at radius 1 is 0.286 bits per heavy atom. The smallest absolute Gasteiger partial charge is 0.238 e. The minimum absolute atomic E-state index is 0.572. The van der Waals surface area contributed by atoms with Crippen molar-refractivity contribution in [3.8, 4) is 56.7 Å². The van der Waals surface area contributed by atoms with Crippen LogP contribution in [0.15, 0.2) is 200 Å². The molecule has 8 aromatic carbocycles. The zero-order valence-electron chi connectivity index (χ0n) is 30.3. The highest BCUT2D eigenvalue weighted by molar-refractivity contribution is 6.22. The van der Waals surface area contributed by atoms with Gasteiger partial charge in [-0.1, -0.05) is 164 Å². The predicted octanol–water partition coefficient (Wildman–Crippen LogP) is 12.7. The Labute approximate surface area is 323 Å². The van der Waals surface area contributed by atoms with Gasteiger partial charge in [0, 0.05) is 38.4 Å². The van der Waals surface area contributed by atoms with Gasteiger partial charge in [0.25, 0.3) is 0 Å². The Morgan fingerprint density at radius 2 is 0.696 bits per heavy atom. The van der Waals surface area contributed by atoms with Crippen molar-refractivity contribution in [1.29, 1.82) is 0 Å². The quantitative estimate of drug-likeness (QED) is 0.172. The lowest BCUT2D eigenvalue weighted by atomic mass is 9.95. The molecule has 56 heavy (non-hydrogen) atoms. The molecule has 5 heteroatoms. The normalized spacial score (nSPS) is 11.6. The van der Waals surface area contributed by atoms with Gasteiger partial charge in [0.05, 0.1) is 22.1 Å². The summed E-state index contributed by atoms with van der Waals surface area (Å²) in [7, 11) is 0. The summed E-state index contributed by atoms with van der Waals surface area (Å²) in [4.78, 5) is 15.5. The van der Waals surface area contributed by atoms with Crippen molar-refractivity contribution in [2.45, 2.75) is 0 Å². The van der Waals surface area contributed by atoms with Gasteiger partial charge in [-0.25, -0.2) is 4.98 Å². The van der Waals surface area contributed by atoms with Crippen molar-refractivity contribution in [1.82, 2.24) is 24.1 Å². The Bertz CT molecular complexity index is 3220. The van der Waals surface area contributed by atoms with E-state index in [9.17, 15) is 0 Å².